The van der Waals surface area contributed by atoms with Crippen molar-refractivity contribution in [3.63, 3.8) is 0 Å². The molecule has 1 saturated heterocycles. The van der Waals surface area contributed by atoms with E-state index in [1.807, 2.05) is 13.1 Å². The van der Waals surface area contributed by atoms with Crippen LogP contribution in [0.15, 0.2) is 22.7 Å². The SMILES string of the molecule is CNC1CCN(Cc2cc(OC)ccc2Br)C1.Cl. The first kappa shape index (κ1) is 15.8. The highest BCUT2D eigenvalue weighted by Gasteiger charge is 2.21. The maximum Gasteiger partial charge on any atom is 0.119 e. The van der Waals surface area contributed by atoms with Crippen LogP contribution in [0, 0.1) is 0 Å². The Morgan fingerprint density at radius 3 is 2.89 bits per heavy atom. The van der Waals surface area contributed by atoms with Gasteiger partial charge in [0, 0.05) is 30.1 Å². The number of halogens is 2. The van der Waals surface area contributed by atoms with Gasteiger partial charge >= 0.3 is 0 Å². The Hall–Kier alpha value is -0.290. The molecule has 1 unspecified atom stereocenters. The first-order valence-electron chi connectivity index (χ1n) is 5.95. The molecule has 1 aliphatic heterocycles. The van der Waals surface area contributed by atoms with Crippen LogP contribution in [0.1, 0.15) is 12.0 Å². The zero-order chi connectivity index (χ0) is 12.3. The second kappa shape index (κ2) is 7.34. The van der Waals surface area contributed by atoms with Crippen molar-refractivity contribution in [2.75, 3.05) is 27.2 Å². The van der Waals surface area contributed by atoms with Crippen LogP contribution in [-0.4, -0.2) is 38.2 Å². The van der Waals surface area contributed by atoms with Crippen LogP contribution < -0.4 is 10.1 Å². The van der Waals surface area contributed by atoms with Gasteiger partial charge in [-0.2, -0.15) is 0 Å². The normalized spacial score (nSPS) is 19.6. The summed E-state index contributed by atoms with van der Waals surface area (Å²) in [6.45, 7) is 3.27. The molecule has 0 bridgehead atoms. The van der Waals surface area contributed by atoms with Crippen LogP contribution in [-0.2, 0) is 6.54 Å². The number of methoxy groups -OCH3 is 1. The number of likely N-dealkylation sites (tertiary alicyclic amines) is 1. The number of hydrogen-bond donors (Lipinski definition) is 1. The second-order valence-electron chi connectivity index (χ2n) is 4.47. The van der Waals surface area contributed by atoms with Crippen LogP contribution in [0.3, 0.4) is 0 Å². The van der Waals surface area contributed by atoms with Gasteiger partial charge in [-0.1, -0.05) is 15.9 Å². The second-order valence-corrected chi connectivity index (χ2v) is 5.32. The van der Waals surface area contributed by atoms with Crippen molar-refractivity contribution in [1.82, 2.24) is 10.2 Å². The van der Waals surface area contributed by atoms with E-state index < -0.39 is 0 Å². The highest BCUT2D eigenvalue weighted by molar-refractivity contribution is 9.10. The number of ether oxygens (including phenoxy) is 1. The summed E-state index contributed by atoms with van der Waals surface area (Å²) < 4.78 is 6.42. The minimum Gasteiger partial charge on any atom is -0.497 e. The number of likely N-dealkylation sites (N-methyl/N-ethyl adjacent to an activating group) is 1. The van der Waals surface area contributed by atoms with Crippen molar-refractivity contribution in [1.29, 1.82) is 0 Å². The van der Waals surface area contributed by atoms with Gasteiger partial charge in [-0.05, 0) is 37.2 Å². The molecule has 1 heterocycles. The summed E-state index contributed by atoms with van der Waals surface area (Å²) in [5.74, 6) is 0.924. The summed E-state index contributed by atoms with van der Waals surface area (Å²) in [5, 5.41) is 3.34. The van der Waals surface area contributed by atoms with Crippen LogP contribution in [0.2, 0.25) is 0 Å². The average molecular weight is 336 g/mol. The molecule has 0 saturated carbocycles. The molecule has 0 amide bonds. The van der Waals surface area contributed by atoms with Gasteiger partial charge in [-0.25, -0.2) is 0 Å². The molecule has 1 aliphatic rings. The fourth-order valence-corrected chi connectivity index (χ4v) is 2.62. The van der Waals surface area contributed by atoms with E-state index in [9.17, 15) is 0 Å². The Balaban J connectivity index is 0.00000162. The van der Waals surface area contributed by atoms with Gasteiger partial charge in [0.1, 0.15) is 5.75 Å². The van der Waals surface area contributed by atoms with E-state index in [0.717, 1.165) is 29.9 Å². The number of rotatable bonds is 4. The lowest BCUT2D eigenvalue weighted by Crippen LogP contribution is -2.29. The molecule has 0 radical (unpaired) electrons. The van der Waals surface area contributed by atoms with Crippen molar-refractivity contribution in [2.24, 2.45) is 0 Å². The van der Waals surface area contributed by atoms with Gasteiger partial charge in [-0.3, -0.25) is 4.90 Å². The van der Waals surface area contributed by atoms with Gasteiger partial charge in [-0.15, -0.1) is 12.4 Å². The molecule has 0 aromatic heterocycles. The van der Waals surface area contributed by atoms with Crippen LogP contribution >= 0.6 is 28.3 Å². The Morgan fingerprint density at radius 2 is 2.28 bits per heavy atom. The van der Waals surface area contributed by atoms with Crippen LogP contribution in [0.4, 0.5) is 0 Å². The lowest BCUT2D eigenvalue weighted by molar-refractivity contribution is 0.321. The Kier molecular flexibility index (Phi) is 6.43. The zero-order valence-electron chi connectivity index (χ0n) is 10.8. The minimum atomic E-state index is 0. The third kappa shape index (κ3) is 3.85. The third-order valence-corrected chi connectivity index (χ3v) is 4.10. The Labute approximate surface area is 123 Å². The van der Waals surface area contributed by atoms with E-state index in [1.165, 1.54) is 12.0 Å². The van der Waals surface area contributed by atoms with Crippen molar-refractivity contribution in [3.8, 4) is 5.75 Å². The smallest absolute Gasteiger partial charge is 0.119 e. The van der Waals surface area contributed by atoms with Crippen LogP contribution in [0.25, 0.3) is 0 Å². The summed E-state index contributed by atoms with van der Waals surface area (Å²) in [4.78, 5) is 2.47. The molecule has 2 rings (SSSR count). The lowest BCUT2D eigenvalue weighted by atomic mass is 10.2. The molecule has 0 aliphatic carbocycles. The highest BCUT2D eigenvalue weighted by Crippen LogP contribution is 2.25. The van der Waals surface area contributed by atoms with Crippen molar-refractivity contribution in [3.05, 3.63) is 28.2 Å². The maximum atomic E-state index is 5.26. The molecule has 102 valence electrons. The molecule has 1 aromatic rings. The maximum absolute atomic E-state index is 5.26. The third-order valence-electron chi connectivity index (χ3n) is 3.33. The fraction of sp³-hybridized carbons (Fsp3) is 0.538. The molecular weight excluding hydrogens is 316 g/mol. The van der Waals surface area contributed by atoms with Gasteiger partial charge in [0.05, 0.1) is 7.11 Å². The average Bonchev–Trinajstić information content (AvgIpc) is 2.80. The summed E-state index contributed by atoms with van der Waals surface area (Å²) in [7, 11) is 3.75. The molecule has 5 heteroatoms. The summed E-state index contributed by atoms with van der Waals surface area (Å²) in [6, 6.07) is 6.78. The molecule has 1 aromatic carbocycles. The summed E-state index contributed by atoms with van der Waals surface area (Å²) in [6.07, 6.45) is 1.23. The summed E-state index contributed by atoms with van der Waals surface area (Å²) >= 11 is 3.60. The molecule has 3 nitrogen and oxygen atoms in total. The quantitative estimate of drug-likeness (QED) is 0.915. The van der Waals surface area contributed by atoms with E-state index in [4.69, 9.17) is 4.74 Å². The lowest BCUT2D eigenvalue weighted by Gasteiger charge is -2.17. The molecule has 18 heavy (non-hydrogen) atoms. The predicted molar refractivity (Wildman–Crippen MR) is 80.7 cm³/mol. The molecule has 0 spiro atoms. The highest BCUT2D eigenvalue weighted by atomic mass is 79.9. The Bertz CT molecular complexity index is 389. The van der Waals surface area contributed by atoms with Gasteiger partial charge in [0.25, 0.3) is 0 Å². The largest absolute Gasteiger partial charge is 0.497 e. The van der Waals surface area contributed by atoms with Gasteiger partial charge in [0.15, 0.2) is 0 Å². The van der Waals surface area contributed by atoms with Crippen molar-refractivity contribution in [2.45, 2.75) is 19.0 Å². The minimum absolute atomic E-state index is 0. The molecule has 1 fully saturated rings. The summed E-state index contributed by atoms with van der Waals surface area (Å²) in [5.41, 5.74) is 1.29. The van der Waals surface area contributed by atoms with E-state index in [0.29, 0.717) is 6.04 Å². The van der Waals surface area contributed by atoms with E-state index in [2.05, 4.69) is 38.3 Å². The number of benzene rings is 1. The van der Waals surface area contributed by atoms with Gasteiger partial charge in [0.2, 0.25) is 0 Å². The monoisotopic (exact) mass is 334 g/mol. The topological polar surface area (TPSA) is 24.5 Å². The number of nitrogens with one attached hydrogen (secondary N) is 1. The molecule has 1 atom stereocenters. The standard InChI is InChI=1S/C13H19BrN2O.ClH/c1-15-11-5-6-16(9-11)8-10-7-12(17-2)3-4-13(10)14;/h3-4,7,11,15H,5-6,8-9H2,1-2H3;1H. The van der Waals surface area contributed by atoms with E-state index in [-0.39, 0.29) is 12.4 Å². The van der Waals surface area contributed by atoms with E-state index in [1.54, 1.807) is 7.11 Å². The Morgan fingerprint density at radius 1 is 1.50 bits per heavy atom. The molecular formula is C13H20BrClN2O. The van der Waals surface area contributed by atoms with Gasteiger partial charge < -0.3 is 10.1 Å². The fourth-order valence-electron chi connectivity index (χ4n) is 2.25. The first-order valence-corrected chi connectivity index (χ1v) is 6.74. The number of nitrogens with zero attached hydrogens (tertiary/aromatic N) is 1. The van der Waals surface area contributed by atoms with Crippen molar-refractivity contribution >= 4 is 28.3 Å². The zero-order valence-corrected chi connectivity index (χ0v) is 13.2. The number of hydrogen-bond acceptors (Lipinski definition) is 3. The van der Waals surface area contributed by atoms with Crippen molar-refractivity contribution < 1.29 is 4.74 Å². The van der Waals surface area contributed by atoms with Crippen LogP contribution in [0.5, 0.6) is 5.75 Å². The first-order chi connectivity index (χ1) is 8.22. The molecule has 1 N–H and O–H groups in total. The van der Waals surface area contributed by atoms with E-state index >= 15 is 0 Å². The predicted octanol–water partition coefficient (Wildman–Crippen LogP) is 2.67.